The molecule has 0 aliphatic carbocycles. The Morgan fingerprint density at radius 2 is 2.00 bits per heavy atom. The Morgan fingerprint density at radius 1 is 1.25 bits per heavy atom. The number of carbonyl (C=O) groups excluding carboxylic acids is 1. The van der Waals surface area contributed by atoms with Crippen LogP contribution in [-0.2, 0) is 0 Å². The van der Waals surface area contributed by atoms with Crippen molar-refractivity contribution in [3.63, 3.8) is 0 Å². The van der Waals surface area contributed by atoms with Gasteiger partial charge >= 0.3 is 6.03 Å². The number of unbranched alkanes of at least 4 members (excludes halogenated alkanes) is 1. The Kier molecular flexibility index (Phi) is 8.04. The van der Waals surface area contributed by atoms with Crippen molar-refractivity contribution in [1.82, 2.24) is 10.2 Å². The molecular weight excluding hydrogens is 316 g/mol. The maximum Gasteiger partial charge on any atom is 0.321 e. The van der Waals surface area contributed by atoms with Gasteiger partial charge in [0.15, 0.2) is 0 Å². The monoisotopic (exact) mass is 338 g/mol. The molecular formula is C16H23BrN2O. The topological polar surface area (TPSA) is 32.3 Å². The third-order valence-electron chi connectivity index (χ3n) is 2.94. The third kappa shape index (κ3) is 5.78. The second-order valence-corrected chi connectivity index (χ2v) is 5.50. The van der Waals surface area contributed by atoms with Crippen LogP contribution in [0.15, 0.2) is 34.9 Å². The summed E-state index contributed by atoms with van der Waals surface area (Å²) in [6, 6.07) is 7.88. The predicted molar refractivity (Wildman–Crippen MR) is 88.5 cm³/mol. The van der Waals surface area contributed by atoms with Crippen molar-refractivity contribution in [1.29, 1.82) is 0 Å². The second kappa shape index (κ2) is 9.59. The molecule has 0 heterocycles. The van der Waals surface area contributed by atoms with Crippen molar-refractivity contribution < 1.29 is 4.79 Å². The van der Waals surface area contributed by atoms with E-state index < -0.39 is 0 Å². The minimum Gasteiger partial charge on any atom is -0.325 e. The van der Waals surface area contributed by atoms with Gasteiger partial charge in [0, 0.05) is 23.8 Å². The minimum absolute atomic E-state index is 0.0244. The van der Waals surface area contributed by atoms with Crippen LogP contribution in [0, 0.1) is 0 Å². The molecule has 0 bridgehead atoms. The molecule has 0 aliphatic rings. The lowest BCUT2D eigenvalue weighted by molar-refractivity contribution is 0.200. The number of nitrogens with one attached hydrogen (secondary N) is 1. The van der Waals surface area contributed by atoms with Crippen molar-refractivity contribution in [2.75, 3.05) is 13.1 Å². The number of hydrogen-bond donors (Lipinski definition) is 1. The van der Waals surface area contributed by atoms with Gasteiger partial charge in [-0.05, 0) is 30.5 Å². The van der Waals surface area contributed by atoms with E-state index in [0.29, 0.717) is 0 Å². The molecule has 2 amide bonds. The van der Waals surface area contributed by atoms with Gasteiger partial charge in [0.05, 0.1) is 0 Å². The number of nitrogens with zero attached hydrogens (tertiary/aromatic N) is 1. The zero-order valence-corrected chi connectivity index (χ0v) is 13.8. The molecule has 1 aromatic rings. The van der Waals surface area contributed by atoms with Crippen LogP contribution in [0.25, 0.3) is 6.08 Å². The average Bonchev–Trinajstić information content (AvgIpc) is 2.45. The van der Waals surface area contributed by atoms with E-state index in [1.54, 1.807) is 6.20 Å². The number of halogens is 1. The Hall–Kier alpha value is -1.29. The van der Waals surface area contributed by atoms with E-state index in [1.807, 2.05) is 35.2 Å². The first-order valence-electron chi connectivity index (χ1n) is 7.15. The Bertz CT molecular complexity index is 446. The highest BCUT2D eigenvalue weighted by molar-refractivity contribution is 9.10. The molecule has 1 rings (SSSR count). The van der Waals surface area contributed by atoms with Crippen molar-refractivity contribution in [3.05, 3.63) is 40.5 Å². The molecule has 20 heavy (non-hydrogen) atoms. The summed E-state index contributed by atoms with van der Waals surface area (Å²) in [5.74, 6) is 0. The van der Waals surface area contributed by atoms with Crippen LogP contribution in [0.4, 0.5) is 4.79 Å². The quantitative estimate of drug-likeness (QED) is 0.771. The predicted octanol–water partition coefficient (Wildman–Crippen LogP) is 4.64. The maximum absolute atomic E-state index is 12.1. The van der Waals surface area contributed by atoms with Gasteiger partial charge < -0.3 is 10.2 Å². The first kappa shape index (κ1) is 16.8. The van der Waals surface area contributed by atoms with Crippen LogP contribution in [-0.4, -0.2) is 24.0 Å². The van der Waals surface area contributed by atoms with Crippen molar-refractivity contribution in [3.8, 4) is 0 Å². The summed E-state index contributed by atoms with van der Waals surface area (Å²) in [7, 11) is 0. The van der Waals surface area contributed by atoms with Gasteiger partial charge in [-0.3, -0.25) is 0 Å². The first-order chi connectivity index (χ1) is 9.69. The molecule has 110 valence electrons. The van der Waals surface area contributed by atoms with Gasteiger partial charge in [0.1, 0.15) is 0 Å². The van der Waals surface area contributed by atoms with Gasteiger partial charge in [0.2, 0.25) is 0 Å². The molecule has 0 fully saturated rings. The van der Waals surface area contributed by atoms with Gasteiger partial charge in [-0.2, -0.15) is 0 Å². The number of hydrogen-bond acceptors (Lipinski definition) is 1. The van der Waals surface area contributed by atoms with Crippen molar-refractivity contribution in [2.45, 2.75) is 33.1 Å². The molecule has 0 spiro atoms. The van der Waals surface area contributed by atoms with Crippen LogP contribution >= 0.6 is 15.9 Å². The minimum atomic E-state index is -0.0244. The molecule has 0 aromatic heterocycles. The van der Waals surface area contributed by atoms with E-state index in [4.69, 9.17) is 0 Å². The highest BCUT2D eigenvalue weighted by atomic mass is 79.9. The summed E-state index contributed by atoms with van der Waals surface area (Å²) >= 11 is 3.48. The zero-order valence-electron chi connectivity index (χ0n) is 12.2. The fourth-order valence-corrected chi connectivity index (χ4v) is 2.26. The molecule has 1 N–H and O–H groups in total. The summed E-state index contributed by atoms with van der Waals surface area (Å²) in [4.78, 5) is 13.9. The van der Waals surface area contributed by atoms with Crippen LogP contribution in [0.3, 0.4) is 0 Å². The summed E-state index contributed by atoms with van der Waals surface area (Å²) in [6.45, 7) is 5.84. The Balaban J connectivity index is 2.53. The van der Waals surface area contributed by atoms with E-state index in [1.165, 1.54) is 0 Å². The molecule has 0 radical (unpaired) electrons. The smallest absolute Gasteiger partial charge is 0.321 e. The second-order valence-electron chi connectivity index (χ2n) is 4.64. The SMILES string of the molecule is CCCCN(CCC)C(=O)N/C=C/c1ccccc1Br. The van der Waals surface area contributed by atoms with Crippen LogP contribution in [0.1, 0.15) is 38.7 Å². The van der Waals surface area contributed by atoms with Gasteiger partial charge in [-0.15, -0.1) is 0 Å². The van der Waals surface area contributed by atoms with E-state index in [-0.39, 0.29) is 6.03 Å². The zero-order chi connectivity index (χ0) is 14.8. The Morgan fingerprint density at radius 3 is 2.65 bits per heavy atom. The summed E-state index contributed by atoms with van der Waals surface area (Å²) in [5, 5.41) is 2.84. The van der Waals surface area contributed by atoms with Gasteiger partial charge in [-0.1, -0.05) is 54.4 Å². The largest absolute Gasteiger partial charge is 0.325 e. The summed E-state index contributed by atoms with van der Waals surface area (Å²) in [6.07, 6.45) is 6.72. The fraction of sp³-hybridized carbons (Fsp3) is 0.438. The number of urea groups is 1. The Labute approximate surface area is 130 Å². The lowest BCUT2D eigenvalue weighted by atomic mass is 10.2. The molecule has 3 nitrogen and oxygen atoms in total. The number of amides is 2. The van der Waals surface area contributed by atoms with E-state index >= 15 is 0 Å². The molecule has 0 unspecified atom stereocenters. The number of rotatable bonds is 7. The molecule has 0 aliphatic heterocycles. The van der Waals surface area contributed by atoms with Crippen molar-refractivity contribution >= 4 is 28.0 Å². The highest BCUT2D eigenvalue weighted by Gasteiger charge is 2.09. The summed E-state index contributed by atoms with van der Waals surface area (Å²) < 4.78 is 1.02. The first-order valence-corrected chi connectivity index (χ1v) is 7.94. The van der Waals surface area contributed by atoms with Crippen LogP contribution in [0.5, 0.6) is 0 Å². The van der Waals surface area contributed by atoms with E-state index in [2.05, 4.69) is 35.1 Å². The van der Waals surface area contributed by atoms with Crippen LogP contribution in [0.2, 0.25) is 0 Å². The summed E-state index contributed by atoms with van der Waals surface area (Å²) in [5.41, 5.74) is 1.04. The van der Waals surface area contributed by atoms with E-state index in [0.717, 1.165) is 42.4 Å². The molecule has 1 aromatic carbocycles. The van der Waals surface area contributed by atoms with Crippen molar-refractivity contribution in [2.24, 2.45) is 0 Å². The number of carbonyl (C=O) groups is 1. The lowest BCUT2D eigenvalue weighted by Gasteiger charge is -2.21. The standard InChI is InChI=1S/C16H23BrN2O/c1-3-5-13-19(12-4-2)16(20)18-11-10-14-8-6-7-9-15(14)17/h6-11H,3-5,12-13H2,1-2H3,(H,18,20)/b11-10+. The highest BCUT2D eigenvalue weighted by Crippen LogP contribution is 2.16. The van der Waals surface area contributed by atoms with E-state index in [9.17, 15) is 4.79 Å². The molecule has 4 heteroatoms. The average molecular weight is 339 g/mol. The fourth-order valence-electron chi connectivity index (χ4n) is 1.84. The normalized spacial score (nSPS) is 10.8. The molecule has 0 atom stereocenters. The number of benzene rings is 1. The van der Waals surface area contributed by atoms with Gasteiger partial charge in [0.25, 0.3) is 0 Å². The van der Waals surface area contributed by atoms with Crippen LogP contribution < -0.4 is 5.32 Å². The molecule has 0 saturated carbocycles. The lowest BCUT2D eigenvalue weighted by Crippen LogP contribution is -2.38. The maximum atomic E-state index is 12.1. The van der Waals surface area contributed by atoms with Gasteiger partial charge in [-0.25, -0.2) is 4.79 Å². The third-order valence-corrected chi connectivity index (χ3v) is 3.66. The molecule has 0 saturated heterocycles.